The third-order valence-corrected chi connectivity index (χ3v) is 7.65. The first-order valence-corrected chi connectivity index (χ1v) is 13.4. The van der Waals surface area contributed by atoms with Gasteiger partial charge in [-0.1, -0.05) is 25.0 Å². The van der Waals surface area contributed by atoms with Crippen LogP contribution in [0.15, 0.2) is 30.5 Å². The predicted octanol–water partition coefficient (Wildman–Crippen LogP) is 4.54. The van der Waals surface area contributed by atoms with Crippen molar-refractivity contribution >= 4 is 44.2 Å². The maximum atomic E-state index is 10.7. The zero-order valence-corrected chi connectivity index (χ0v) is 21.4. The van der Waals surface area contributed by atoms with E-state index in [0.717, 1.165) is 90.2 Å². The highest BCUT2D eigenvalue weighted by Crippen LogP contribution is 2.36. The predicted molar refractivity (Wildman–Crippen MR) is 143 cm³/mol. The number of nitrogens with one attached hydrogen (secondary N) is 1. The van der Waals surface area contributed by atoms with E-state index in [1.807, 2.05) is 18.3 Å². The first kappa shape index (κ1) is 24.6. The largest absolute Gasteiger partial charge is 0.481 e. The molecule has 0 spiro atoms. The van der Waals surface area contributed by atoms with Crippen LogP contribution in [0.1, 0.15) is 37.0 Å². The Morgan fingerprint density at radius 2 is 2.03 bits per heavy atom. The normalized spacial score (nSPS) is 14.3. The van der Waals surface area contributed by atoms with Crippen LogP contribution in [0.25, 0.3) is 32.5 Å². The highest BCUT2D eigenvalue weighted by Gasteiger charge is 2.21. The number of H-pyrrole nitrogens is 1. The first-order valence-electron chi connectivity index (χ1n) is 12.5. The summed E-state index contributed by atoms with van der Waals surface area (Å²) >= 11 is 1.77. The fourth-order valence-electron chi connectivity index (χ4n) is 4.67. The van der Waals surface area contributed by atoms with E-state index in [2.05, 4.69) is 39.2 Å². The van der Waals surface area contributed by atoms with Crippen molar-refractivity contribution in [1.82, 2.24) is 25.1 Å². The number of hydrogen-bond acceptors (Lipinski definition) is 8. The Balaban J connectivity index is 1.37. The Morgan fingerprint density at radius 1 is 1.19 bits per heavy atom. The number of hydrogen-bond donors (Lipinski definition) is 2. The maximum Gasteiger partial charge on any atom is 0.303 e. The monoisotopic (exact) mass is 508 g/mol. The molecule has 0 amide bonds. The Hall–Kier alpha value is -3.08. The maximum absolute atomic E-state index is 10.7. The van der Waals surface area contributed by atoms with E-state index in [-0.39, 0.29) is 6.42 Å². The van der Waals surface area contributed by atoms with E-state index < -0.39 is 5.97 Å². The van der Waals surface area contributed by atoms with Gasteiger partial charge in [-0.15, -0.1) is 11.3 Å². The molecule has 3 aromatic heterocycles. The molecule has 9 nitrogen and oxygen atoms in total. The molecule has 1 aromatic carbocycles. The molecular weight excluding hydrogens is 476 g/mol. The van der Waals surface area contributed by atoms with E-state index in [9.17, 15) is 4.79 Å². The molecule has 0 saturated carbocycles. The van der Waals surface area contributed by atoms with Gasteiger partial charge in [-0.2, -0.15) is 5.10 Å². The van der Waals surface area contributed by atoms with E-state index in [1.54, 1.807) is 11.3 Å². The number of nitrogens with zero attached hydrogens (tertiary/aromatic N) is 5. The van der Waals surface area contributed by atoms with Gasteiger partial charge in [0.2, 0.25) is 0 Å². The Morgan fingerprint density at radius 3 is 2.86 bits per heavy atom. The molecule has 4 aromatic rings. The molecule has 0 unspecified atom stereocenters. The third kappa shape index (κ3) is 5.66. The smallest absolute Gasteiger partial charge is 0.303 e. The van der Waals surface area contributed by atoms with Crippen LogP contribution >= 0.6 is 11.3 Å². The number of ether oxygens (including phenoxy) is 1. The van der Waals surface area contributed by atoms with Gasteiger partial charge in [0.15, 0.2) is 11.6 Å². The summed E-state index contributed by atoms with van der Waals surface area (Å²) in [5.41, 5.74) is 2.93. The Labute approximate surface area is 214 Å². The summed E-state index contributed by atoms with van der Waals surface area (Å²) in [5.74, 6) is 0.993. The molecule has 0 radical (unpaired) electrons. The summed E-state index contributed by atoms with van der Waals surface area (Å²) in [4.78, 5) is 26.6. The average Bonchev–Trinajstić information content (AvgIpc) is 3.52. The van der Waals surface area contributed by atoms with Crippen molar-refractivity contribution in [1.29, 1.82) is 0 Å². The molecule has 1 aliphatic heterocycles. The van der Waals surface area contributed by atoms with Gasteiger partial charge in [0.05, 0.1) is 35.1 Å². The Bertz CT molecular complexity index is 1330. The van der Waals surface area contributed by atoms with E-state index in [0.29, 0.717) is 13.2 Å². The molecule has 0 bridgehead atoms. The second-order valence-corrected chi connectivity index (χ2v) is 10.5. The number of benzene rings is 1. The number of carboxylic acids is 1. The molecule has 1 saturated heterocycles. The van der Waals surface area contributed by atoms with E-state index >= 15 is 0 Å². The molecule has 5 rings (SSSR count). The van der Waals surface area contributed by atoms with Gasteiger partial charge < -0.3 is 19.6 Å². The van der Waals surface area contributed by atoms with Crippen LogP contribution in [0, 0.1) is 0 Å². The van der Waals surface area contributed by atoms with Crippen molar-refractivity contribution < 1.29 is 14.6 Å². The van der Waals surface area contributed by atoms with Crippen LogP contribution in [0.5, 0.6) is 0 Å². The SMILES string of the molecule is CN(CCCCCCC(=O)O)Cc1cc2nc(-c3cccc4[nH]ncc34)nc(N3CCOCC3)c2s1. The standard InChI is InChI=1S/C26H32N6O3S/c1-31(10-5-3-2-4-9-23(33)34)17-18-15-22-24(36-18)26(32-11-13-35-14-12-32)29-25(28-22)19-7-6-8-21-20(19)16-27-30-21/h6-8,15-16H,2-5,9-14,17H2,1H3,(H,27,30)(H,33,34). The summed E-state index contributed by atoms with van der Waals surface area (Å²) in [6.07, 6.45) is 5.95. The number of aromatic nitrogens is 4. The lowest BCUT2D eigenvalue weighted by molar-refractivity contribution is -0.137. The van der Waals surface area contributed by atoms with Gasteiger partial charge in [0.25, 0.3) is 0 Å². The molecule has 2 N–H and O–H groups in total. The molecule has 190 valence electrons. The summed E-state index contributed by atoms with van der Waals surface area (Å²) in [6, 6.07) is 8.28. The van der Waals surface area contributed by atoms with E-state index in [4.69, 9.17) is 19.8 Å². The average molecular weight is 509 g/mol. The lowest BCUT2D eigenvalue weighted by atomic mass is 10.1. The van der Waals surface area contributed by atoms with Gasteiger partial charge in [-0.3, -0.25) is 9.89 Å². The minimum atomic E-state index is -0.707. The molecular formula is C26H32N6O3S. The quantitative estimate of drug-likeness (QED) is 0.284. The first-order chi connectivity index (χ1) is 17.6. The number of unbranched alkanes of at least 4 members (excludes halogenated alkanes) is 3. The molecule has 1 aliphatic rings. The Kier molecular flexibility index (Phi) is 7.74. The lowest BCUT2D eigenvalue weighted by Gasteiger charge is -2.28. The molecule has 36 heavy (non-hydrogen) atoms. The molecule has 10 heteroatoms. The minimum Gasteiger partial charge on any atom is -0.481 e. The number of rotatable bonds is 11. The fourth-order valence-corrected chi connectivity index (χ4v) is 5.86. The van der Waals surface area contributed by atoms with Crippen molar-refractivity contribution in [3.05, 3.63) is 35.3 Å². The van der Waals surface area contributed by atoms with E-state index in [1.165, 1.54) is 4.88 Å². The number of aromatic amines is 1. The van der Waals surface area contributed by atoms with Crippen molar-refractivity contribution in [2.75, 3.05) is 44.8 Å². The summed E-state index contributed by atoms with van der Waals surface area (Å²) in [7, 11) is 2.14. The van der Waals surface area contributed by atoms with Crippen molar-refractivity contribution in [2.45, 2.75) is 38.6 Å². The minimum absolute atomic E-state index is 0.265. The molecule has 0 aliphatic carbocycles. The van der Waals surface area contributed by atoms with Crippen LogP contribution in [0.3, 0.4) is 0 Å². The number of carboxylic acid groups (broad SMARTS) is 1. The lowest BCUT2D eigenvalue weighted by Crippen LogP contribution is -2.36. The molecule has 4 heterocycles. The fraction of sp³-hybridized carbons (Fsp3) is 0.462. The van der Waals surface area contributed by atoms with Crippen molar-refractivity contribution in [2.24, 2.45) is 0 Å². The van der Waals surface area contributed by atoms with Crippen LogP contribution in [-0.4, -0.2) is 76.0 Å². The van der Waals surface area contributed by atoms with Crippen LogP contribution in [0.2, 0.25) is 0 Å². The number of morpholine rings is 1. The highest BCUT2D eigenvalue weighted by atomic mass is 32.1. The van der Waals surface area contributed by atoms with Gasteiger partial charge >= 0.3 is 5.97 Å². The van der Waals surface area contributed by atoms with Gasteiger partial charge in [-0.25, -0.2) is 9.97 Å². The second kappa shape index (κ2) is 11.3. The topological polar surface area (TPSA) is 107 Å². The van der Waals surface area contributed by atoms with Gasteiger partial charge in [0, 0.05) is 41.9 Å². The summed E-state index contributed by atoms with van der Waals surface area (Å²) < 4.78 is 6.72. The van der Waals surface area contributed by atoms with Crippen molar-refractivity contribution in [3.63, 3.8) is 0 Å². The highest BCUT2D eigenvalue weighted by molar-refractivity contribution is 7.19. The summed E-state index contributed by atoms with van der Waals surface area (Å²) in [6.45, 7) is 4.87. The van der Waals surface area contributed by atoms with Crippen LogP contribution in [0.4, 0.5) is 5.82 Å². The molecule has 1 fully saturated rings. The second-order valence-electron chi connectivity index (χ2n) is 9.33. The van der Waals surface area contributed by atoms with Gasteiger partial charge in [-0.05, 0) is 38.6 Å². The van der Waals surface area contributed by atoms with Crippen LogP contribution in [-0.2, 0) is 16.1 Å². The number of aliphatic carboxylic acids is 1. The third-order valence-electron chi connectivity index (χ3n) is 6.55. The zero-order chi connectivity index (χ0) is 24.9. The number of anilines is 1. The van der Waals surface area contributed by atoms with Crippen LogP contribution < -0.4 is 4.90 Å². The zero-order valence-electron chi connectivity index (χ0n) is 20.6. The van der Waals surface area contributed by atoms with Crippen molar-refractivity contribution in [3.8, 4) is 11.4 Å². The number of fused-ring (bicyclic) bond motifs is 2. The summed E-state index contributed by atoms with van der Waals surface area (Å²) in [5, 5.41) is 17.0. The molecule has 0 atom stereocenters. The number of carbonyl (C=O) groups is 1. The number of thiophene rings is 1. The van der Waals surface area contributed by atoms with Gasteiger partial charge in [0.1, 0.15) is 0 Å².